The predicted octanol–water partition coefficient (Wildman–Crippen LogP) is 2.38. The van der Waals surface area contributed by atoms with Gasteiger partial charge < -0.3 is 15.0 Å². The average molecular weight is 356 g/mol. The fraction of sp³-hybridized carbons (Fsp3) is 0.562. The van der Waals surface area contributed by atoms with E-state index in [0.717, 1.165) is 25.7 Å². The van der Waals surface area contributed by atoms with E-state index < -0.39 is 4.92 Å². The number of carbonyl (C=O) groups is 1. The SMILES string of the molecule is COc1ccc(C(=O)N(C)C2CC3CCC(C2)N3)cc1[N+](=O)[O-].Cl. The van der Waals surface area contributed by atoms with E-state index in [9.17, 15) is 14.9 Å². The number of nitro groups is 1. The van der Waals surface area contributed by atoms with Gasteiger partial charge in [-0.25, -0.2) is 0 Å². The molecule has 8 heteroatoms. The van der Waals surface area contributed by atoms with Gasteiger partial charge in [0.05, 0.1) is 12.0 Å². The molecule has 0 aliphatic carbocycles. The van der Waals surface area contributed by atoms with Crippen LogP contribution in [0.4, 0.5) is 5.69 Å². The molecular formula is C16H22ClN3O4. The van der Waals surface area contributed by atoms with E-state index in [1.807, 2.05) is 0 Å². The van der Waals surface area contributed by atoms with Crippen LogP contribution < -0.4 is 10.1 Å². The molecule has 0 saturated carbocycles. The number of rotatable bonds is 4. The number of nitrogens with zero attached hydrogens (tertiary/aromatic N) is 2. The van der Waals surface area contributed by atoms with Crippen LogP contribution in [0.5, 0.6) is 5.75 Å². The van der Waals surface area contributed by atoms with Crippen LogP contribution in [0.3, 0.4) is 0 Å². The zero-order valence-electron chi connectivity index (χ0n) is 13.7. The number of amides is 1. The highest BCUT2D eigenvalue weighted by molar-refractivity contribution is 5.95. The minimum Gasteiger partial charge on any atom is -0.490 e. The lowest BCUT2D eigenvalue weighted by Crippen LogP contribution is -2.48. The van der Waals surface area contributed by atoms with Crippen molar-refractivity contribution in [1.82, 2.24) is 10.2 Å². The maximum absolute atomic E-state index is 12.7. The van der Waals surface area contributed by atoms with Crippen LogP contribution in [-0.4, -0.2) is 48.0 Å². The van der Waals surface area contributed by atoms with E-state index in [1.54, 1.807) is 18.0 Å². The third-order valence-corrected chi connectivity index (χ3v) is 4.94. The molecule has 0 aromatic heterocycles. The second-order valence-electron chi connectivity index (χ2n) is 6.32. The van der Waals surface area contributed by atoms with Gasteiger partial charge in [0.15, 0.2) is 5.75 Å². The highest BCUT2D eigenvalue weighted by atomic mass is 35.5. The number of hydrogen-bond donors (Lipinski definition) is 1. The summed E-state index contributed by atoms with van der Waals surface area (Å²) in [5, 5.41) is 14.7. The third-order valence-electron chi connectivity index (χ3n) is 4.94. The van der Waals surface area contributed by atoms with E-state index >= 15 is 0 Å². The van der Waals surface area contributed by atoms with Crippen LogP contribution in [0, 0.1) is 10.1 Å². The molecule has 2 unspecified atom stereocenters. The summed E-state index contributed by atoms with van der Waals surface area (Å²) in [4.78, 5) is 25.0. The fourth-order valence-corrected chi connectivity index (χ4v) is 3.68. The van der Waals surface area contributed by atoms with E-state index in [4.69, 9.17) is 4.74 Å². The summed E-state index contributed by atoms with van der Waals surface area (Å²) < 4.78 is 4.98. The lowest BCUT2D eigenvalue weighted by Gasteiger charge is -2.35. The molecule has 7 nitrogen and oxygen atoms in total. The van der Waals surface area contributed by atoms with Crippen molar-refractivity contribution < 1.29 is 14.5 Å². The number of nitrogens with one attached hydrogen (secondary N) is 1. The van der Waals surface area contributed by atoms with Crippen molar-refractivity contribution in [1.29, 1.82) is 0 Å². The van der Waals surface area contributed by atoms with E-state index in [-0.39, 0.29) is 35.8 Å². The molecule has 24 heavy (non-hydrogen) atoms. The first-order valence-corrected chi connectivity index (χ1v) is 7.85. The maximum Gasteiger partial charge on any atom is 0.311 e. The van der Waals surface area contributed by atoms with Gasteiger partial charge >= 0.3 is 5.69 Å². The summed E-state index contributed by atoms with van der Waals surface area (Å²) in [6, 6.07) is 5.51. The number of piperidine rings is 1. The van der Waals surface area contributed by atoms with Crippen molar-refractivity contribution in [3.05, 3.63) is 33.9 Å². The van der Waals surface area contributed by atoms with Crippen LogP contribution >= 0.6 is 12.4 Å². The third kappa shape index (κ3) is 3.47. The van der Waals surface area contributed by atoms with Gasteiger partial charge in [-0.1, -0.05) is 0 Å². The minimum atomic E-state index is -0.527. The topological polar surface area (TPSA) is 84.7 Å². The Morgan fingerprint density at radius 2 is 1.96 bits per heavy atom. The van der Waals surface area contributed by atoms with Crippen molar-refractivity contribution in [3.8, 4) is 5.75 Å². The molecular weight excluding hydrogens is 334 g/mol. The molecule has 2 bridgehead atoms. The molecule has 0 radical (unpaired) electrons. The van der Waals surface area contributed by atoms with E-state index in [1.165, 1.54) is 19.2 Å². The Morgan fingerprint density at radius 3 is 2.50 bits per heavy atom. The first-order chi connectivity index (χ1) is 11.0. The van der Waals surface area contributed by atoms with Crippen LogP contribution in [0.25, 0.3) is 0 Å². The molecule has 1 aromatic carbocycles. The second-order valence-corrected chi connectivity index (χ2v) is 6.32. The Kier molecular flexibility index (Phi) is 5.66. The number of fused-ring (bicyclic) bond motifs is 2. The van der Waals surface area contributed by atoms with Gasteiger partial charge in [0, 0.05) is 36.8 Å². The highest BCUT2D eigenvalue weighted by Crippen LogP contribution is 2.31. The van der Waals surface area contributed by atoms with Crippen LogP contribution in [-0.2, 0) is 0 Å². The quantitative estimate of drug-likeness (QED) is 0.662. The van der Waals surface area contributed by atoms with Crippen LogP contribution in [0.1, 0.15) is 36.0 Å². The van der Waals surface area contributed by atoms with Gasteiger partial charge in [0.1, 0.15) is 0 Å². The van der Waals surface area contributed by atoms with Gasteiger partial charge in [-0.2, -0.15) is 0 Å². The molecule has 2 aliphatic rings. The first kappa shape index (κ1) is 18.5. The zero-order valence-corrected chi connectivity index (χ0v) is 14.5. The summed E-state index contributed by atoms with van der Waals surface area (Å²) in [5.41, 5.74) is 0.142. The molecule has 1 N–H and O–H groups in total. The number of carbonyl (C=O) groups excluding carboxylic acids is 1. The lowest BCUT2D eigenvalue weighted by molar-refractivity contribution is -0.385. The number of ether oxygens (including phenoxy) is 1. The summed E-state index contributed by atoms with van der Waals surface area (Å²) in [6.07, 6.45) is 4.21. The van der Waals surface area contributed by atoms with Gasteiger partial charge in [-0.05, 0) is 37.8 Å². The minimum absolute atomic E-state index is 0. The van der Waals surface area contributed by atoms with Gasteiger partial charge in [-0.3, -0.25) is 14.9 Å². The van der Waals surface area contributed by atoms with Crippen LogP contribution in [0.15, 0.2) is 18.2 Å². The fourth-order valence-electron chi connectivity index (χ4n) is 3.68. The van der Waals surface area contributed by atoms with Crippen molar-refractivity contribution in [2.24, 2.45) is 0 Å². The molecule has 1 amide bonds. The van der Waals surface area contributed by atoms with Gasteiger partial charge in [-0.15, -0.1) is 12.4 Å². The number of nitro benzene ring substituents is 1. The Balaban J connectivity index is 0.00000208. The molecule has 2 aliphatic heterocycles. The molecule has 2 heterocycles. The normalized spacial score (nSPS) is 24.8. The molecule has 2 fully saturated rings. The molecule has 2 atom stereocenters. The summed E-state index contributed by atoms with van der Waals surface area (Å²) >= 11 is 0. The standard InChI is InChI=1S/C16H21N3O4.ClH/c1-18(13-8-11-4-5-12(9-13)17-11)16(20)10-3-6-15(23-2)14(7-10)19(21)22;/h3,6-7,11-13,17H,4-5,8-9H2,1-2H3;1H. The summed E-state index contributed by atoms with van der Waals surface area (Å²) in [5.74, 6) is -0.0174. The number of methoxy groups -OCH3 is 1. The Labute approximate surface area is 146 Å². The van der Waals surface area contributed by atoms with E-state index in [2.05, 4.69) is 5.32 Å². The lowest BCUT2D eigenvalue weighted by atomic mass is 9.98. The number of halogens is 1. The second kappa shape index (κ2) is 7.36. The highest BCUT2D eigenvalue weighted by Gasteiger charge is 2.36. The summed E-state index contributed by atoms with van der Waals surface area (Å²) in [7, 11) is 3.16. The molecule has 0 spiro atoms. The van der Waals surface area contributed by atoms with Crippen molar-refractivity contribution in [3.63, 3.8) is 0 Å². The Morgan fingerprint density at radius 1 is 1.33 bits per heavy atom. The first-order valence-electron chi connectivity index (χ1n) is 7.85. The van der Waals surface area contributed by atoms with Crippen molar-refractivity contribution in [2.75, 3.05) is 14.2 Å². The predicted molar refractivity (Wildman–Crippen MR) is 92.0 cm³/mol. The Hall–Kier alpha value is -1.86. The monoisotopic (exact) mass is 355 g/mol. The van der Waals surface area contributed by atoms with Gasteiger partial charge in [0.2, 0.25) is 0 Å². The molecule has 132 valence electrons. The average Bonchev–Trinajstić information content (AvgIpc) is 2.90. The smallest absolute Gasteiger partial charge is 0.311 e. The van der Waals surface area contributed by atoms with Gasteiger partial charge in [0.25, 0.3) is 5.91 Å². The molecule has 1 aromatic rings. The van der Waals surface area contributed by atoms with Crippen molar-refractivity contribution >= 4 is 24.0 Å². The largest absolute Gasteiger partial charge is 0.490 e. The van der Waals surface area contributed by atoms with Crippen LogP contribution in [0.2, 0.25) is 0 Å². The molecule has 2 saturated heterocycles. The number of hydrogen-bond acceptors (Lipinski definition) is 5. The molecule has 3 rings (SSSR count). The maximum atomic E-state index is 12.7. The Bertz CT molecular complexity index is 628. The summed E-state index contributed by atoms with van der Waals surface area (Å²) in [6.45, 7) is 0. The number of benzene rings is 1. The van der Waals surface area contributed by atoms with E-state index in [0.29, 0.717) is 17.6 Å². The zero-order chi connectivity index (χ0) is 16.6. The van der Waals surface area contributed by atoms with Crippen molar-refractivity contribution in [2.45, 2.75) is 43.8 Å².